The number of carbonyl (C=O) groups excluding carboxylic acids is 2. The third kappa shape index (κ3) is 4.86. The number of nitrogens with zero attached hydrogens (tertiary/aromatic N) is 1. The van der Waals surface area contributed by atoms with Gasteiger partial charge in [-0.3, -0.25) is 14.5 Å². The van der Waals surface area contributed by atoms with Crippen molar-refractivity contribution in [1.82, 2.24) is 10.2 Å². The van der Waals surface area contributed by atoms with Gasteiger partial charge in [0.05, 0.1) is 5.69 Å². The summed E-state index contributed by atoms with van der Waals surface area (Å²) in [5.41, 5.74) is 3.41. The largest absolute Gasteiger partial charge is 0.482 e. The minimum atomic E-state index is -0.191. The van der Waals surface area contributed by atoms with Gasteiger partial charge in [0.15, 0.2) is 6.61 Å². The van der Waals surface area contributed by atoms with Crippen molar-refractivity contribution in [1.29, 1.82) is 0 Å². The van der Waals surface area contributed by atoms with Gasteiger partial charge in [-0.05, 0) is 42.4 Å². The maximum Gasteiger partial charge on any atom is 0.262 e. The van der Waals surface area contributed by atoms with Crippen LogP contribution in [0.5, 0.6) is 5.75 Å². The molecule has 1 aliphatic rings. The summed E-state index contributed by atoms with van der Waals surface area (Å²) in [6.07, 6.45) is 0. The molecule has 3 rings (SSSR count). The number of hydrogen-bond acceptors (Lipinski definition) is 4. The Hall–Kier alpha value is -2.86. The van der Waals surface area contributed by atoms with Crippen LogP contribution < -0.4 is 15.4 Å². The number of benzene rings is 2. The molecule has 2 N–H and O–H groups in total. The number of anilines is 1. The molecular formula is C21H25N3O3. The van der Waals surface area contributed by atoms with E-state index >= 15 is 0 Å². The van der Waals surface area contributed by atoms with Gasteiger partial charge in [0.1, 0.15) is 5.75 Å². The predicted molar refractivity (Wildman–Crippen MR) is 105 cm³/mol. The number of nitrogens with one attached hydrogen (secondary N) is 2. The van der Waals surface area contributed by atoms with E-state index in [0.717, 1.165) is 25.2 Å². The van der Waals surface area contributed by atoms with Crippen molar-refractivity contribution < 1.29 is 14.3 Å². The van der Waals surface area contributed by atoms with Crippen molar-refractivity contribution in [3.8, 4) is 5.75 Å². The monoisotopic (exact) mass is 367 g/mol. The second-order valence-electron chi connectivity index (χ2n) is 6.51. The highest BCUT2D eigenvalue weighted by molar-refractivity contribution is 5.98. The first-order chi connectivity index (χ1) is 13.1. The molecule has 0 saturated carbocycles. The molecule has 6 heteroatoms. The fraction of sp³-hybridized carbons (Fsp3) is 0.333. The highest BCUT2D eigenvalue weighted by Crippen LogP contribution is 2.28. The quantitative estimate of drug-likeness (QED) is 0.789. The Morgan fingerprint density at radius 2 is 1.81 bits per heavy atom. The SMILES string of the molecule is CCN(CC)Cc1ccc(CNC(=O)c2ccc3c(c2)OCC(=O)N3)cc1. The Bertz CT molecular complexity index is 814. The summed E-state index contributed by atoms with van der Waals surface area (Å²) in [6, 6.07) is 13.3. The molecule has 142 valence electrons. The van der Waals surface area contributed by atoms with E-state index in [-0.39, 0.29) is 18.4 Å². The molecule has 1 aliphatic heterocycles. The summed E-state index contributed by atoms with van der Waals surface area (Å²) >= 11 is 0. The summed E-state index contributed by atoms with van der Waals surface area (Å²) < 4.78 is 5.36. The van der Waals surface area contributed by atoms with E-state index < -0.39 is 0 Å². The van der Waals surface area contributed by atoms with Crippen molar-refractivity contribution in [3.63, 3.8) is 0 Å². The highest BCUT2D eigenvalue weighted by Gasteiger charge is 2.17. The van der Waals surface area contributed by atoms with Crippen LogP contribution in [0.3, 0.4) is 0 Å². The van der Waals surface area contributed by atoms with Crippen LogP contribution in [0.2, 0.25) is 0 Å². The van der Waals surface area contributed by atoms with Gasteiger partial charge in [-0.2, -0.15) is 0 Å². The molecule has 0 radical (unpaired) electrons. The number of rotatable bonds is 7. The number of fused-ring (bicyclic) bond motifs is 1. The molecule has 2 aromatic carbocycles. The van der Waals surface area contributed by atoms with Gasteiger partial charge in [0.2, 0.25) is 0 Å². The maximum absolute atomic E-state index is 12.4. The summed E-state index contributed by atoms with van der Waals surface area (Å²) in [4.78, 5) is 26.1. The van der Waals surface area contributed by atoms with Gasteiger partial charge in [0, 0.05) is 18.7 Å². The normalized spacial score (nSPS) is 12.9. The van der Waals surface area contributed by atoms with E-state index in [4.69, 9.17) is 4.74 Å². The summed E-state index contributed by atoms with van der Waals surface area (Å²) in [5, 5.41) is 5.63. The van der Waals surface area contributed by atoms with Crippen LogP contribution in [0.25, 0.3) is 0 Å². The Kier molecular flexibility index (Phi) is 6.08. The first-order valence-electron chi connectivity index (χ1n) is 9.24. The van der Waals surface area contributed by atoms with E-state index in [9.17, 15) is 9.59 Å². The van der Waals surface area contributed by atoms with Crippen LogP contribution in [0, 0.1) is 0 Å². The average Bonchev–Trinajstić information content (AvgIpc) is 2.70. The number of carbonyl (C=O) groups is 2. The van der Waals surface area contributed by atoms with Crippen molar-refractivity contribution in [2.24, 2.45) is 0 Å². The van der Waals surface area contributed by atoms with E-state index in [0.29, 0.717) is 23.5 Å². The zero-order chi connectivity index (χ0) is 19.2. The highest BCUT2D eigenvalue weighted by atomic mass is 16.5. The first kappa shape index (κ1) is 18.9. The molecule has 6 nitrogen and oxygen atoms in total. The van der Waals surface area contributed by atoms with Crippen molar-refractivity contribution in [3.05, 3.63) is 59.2 Å². The lowest BCUT2D eigenvalue weighted by Gasteiger charge is -2.18. The van der Waals surface area contributed by atoms with Crippen LogP contribution in [-0.2, 0) is 17.9 Å². The third-order valence-corrected chi connectivity index (χ3v) is 4.65. The van der Waals surface area contributed by atoms with Crippen molar-refractivity contribution >= 4 is 17.5 Å². The van der Waals surface area contributed by atoms with Gasteiger partial charge >= 0.3 is 0 Å². The first-order valence-corrected chi connectivity index (χ1v) is 9.24. The zero-order valence-corrected chi connectivity index (χ0v) is 15.7. The minimum Gasteiger partial charge on any atom is -0.482 e. The standard InChI is InChI=1S/C21H25N3O3/c1-3-24(4-2)13-16-7-5-15(6-8-16)12-22-21(26)17-9-10-18-19(11-17)27-14-20(25)23-18/h5-11H,3-4,12-14H2,1-2H3,(H,22,26)(H,23,25). The second-order valence-corrected chi connectivity index (χ2v) is 6.51. The molecule has 27 heavy (non-hydrogen) atoms. The molecule has 0 bridgehead atoms. The summed E-state index contributed by atoms with van der Waals surface area (Å²) in [7, 11) is 0. The fourth-order valence-corrected chi connectivity index (χ4v) is 2.97. The van der Waals surface area contributed by atoms with Crippen molar-refractivity contribution in [2.75, 3.05) is 25.0 Å². The number of hydrogen-bond donors (Lipinski definition) is 2. The molecule has 0 saturated heterocycles. The average molecular weight is 367 g/mol. The lowest BCUT2D eigenvalue weighted by molar-refractivity contribution is -0.118. The third-order valence-electron chi connectivity index (χ3n) is 4.65. The molecule has 0 atom stereocenters. The topological polar surface area (TPSA) is 70.7 Å². The van der Waals surface area contributed by atoms with Crippen LogP contribution in [0.4, 0.5) is 5.69 Å². The molecule has 1 heterocycles. The van der Waals surface area contributed by atoms with E-state index in [1.165, 1.54) is 5.56 Å². The Morgan fingerprint density at radius 1 is 1.11 bits per heavy atom. The Morgan fingerprint density at radius 3 is 2.52 bits per heavy atom. The Labute approximate surface area is 159 Å². The molecule has 0 spiro atoms. The van der Waals surface area contributed by atoms with Crippen LogP contribution in [0.1, 0.15) is 35.3 Å². The van der Waals surface area contributed by atoms with Crippen LogP contribution >= 0.6 is 0 Å². The molecule has 0 fully saturated rings. The van der Waals surface area contributed by atoms with E-state index in [1.54, 1.807) is 18.2 Å². The molecule has 2 amide bonds. The van der Waals surface area contributed by atoms with Crippen LogP contribution in [-0.4, -0.2) is 36.4 Å². The molecule has 0 unspecified atom stereocenters. The smallest absolute Gasteiger partial charge is 0.262 e. The predicted octanol–water partition coefficient (Wildman–Crippen LogP) is 2.79. The number of amides is 2. The maximum atomic E-state index is 12.4. The van der Waals surface area contributed by atoms with Gasteiger partial charge in [-0.25, -0.2) is 0 Å². The lowest BCUT2D eigenvalue weighted by Crippen LogP contribution is -2.26. The van der Waals surface area contributed by atoms with Gasteiger partial charge < -0.3 is 15.4 Å². The van der Waals surface area contributed by atoms with Crippen LogP contribution in [0.15, 0.2) is 42.5 Å². The molecule has 0 aliphatic carbocycles. The summed E-state index contributed by atoms with van der Waals surface area (Å²) in [5.74, 6) is 0.151. The summed E-state index contributed by atoms with van der Waals surface area (Å²) in [6.45, 7) is 7.74. The zero-order valence-electron chi connectivity index (χ0n) is 15.7. The van der Waals surface area contributed by atoms with Gasteiger partial charge in [-0.1, -0.05) is 38.1 Å². The van der Waals surface area contributed by atoms with E-state index in [1.807, 2.05) is 12.1 Å². The molecule has 0 aromatic heterocycles. The number of ether oxygens (including phenoxy) is 1. The second kappa shape index (κ2) is 8.68. The van der Waals surface area contributed by atoms with Gasteiger partial charge in [-0.15, -0.1) is 0 Å². The van der Waals surface area contributed by atoms with Crippen molar-refractivity contribution in [2.45, 2.75) is 26.9 Å². The molecule has 2 aromatic rings. The lowest BCUT2D eigenvalue weighted by atomic mass is 10.1. The minimum absolute atomic E-state index is 0.0298. The fourth-order valence-electron chi connectivity index (χ4n) is 2.97. The molecular weight excluding hydrogens is 342 g/mol. The Balaban J connectivity index is 1.57. The van der Waals surface area contributed by atoms with E-state index in [2.05, 4.69) is 41.5 Å². The van der Waals surface area contributed by atoms with Gasteiger partial charge in [0.25, 0.3) is 11.8 Å².